The summed E-state index contributed by atoms with van der Waals surface area (Å²) in [5.74, 6) is -0.574. The van der Waals surface area contributed by atoms with Gasteiger partial charge in [-0.05, 0) is 25.0 Å². The van der Waals surface area contributed by atoms with Crippen molar-refractivity contribution in [2.45, 2.75) is 12.8 Å². The smallest absolute Gasteiger partial charge is 0.271 e. The summed E-state index contributed by atoms with van der Waals surface area (Å²) in [6.07, 6.45) is 2.45. The summed E-state index contributed by atoms with van der Waals surface area (Å²) < 4.78 is 0. The Kier molecular flexibility index (Phi) is 2.91. The number of hydrogen-bond donors (Lipinski definition) is 2. The Balaban J connectivity index is 1.98. The molecular formula is C13H15N5O. The second kappa shape index (κ2) is 4.72. The Morgan fingerprint density at radius 1 is 1.26 bits per heavy atom. The zero-order valence-corrected chi connectivity index (χ0v) is 10.5. The molecule has 1 amide bonds. The number of benzene rings is 1. The zero-order valence-electron chi connectivity index (χ0n) is 10.5. The van der Waals surface area contributed by atoms with E-state index in [1.165, 1.54) is 12.8 Å². The van der Waals surface area contributed by atoms with E-state index in [4.69, 9.17) is 5.73 Å². The summed E-state index contributed by atoms with van der Waals surface area (Å²) in [5, 5.41) is 10.3. The van der Waals surface area contributed by atoms with Crippen LogP contribution in [0.4, 0.5) is 5.69 Å². The Morgan fingerprint density at radius 3 is 2.79 bits per heavy atom. The number of carbonyl (C=O) groups excluding carboxylic acids is 1. The number of rotatable bonds is 3. The average molecular weight is 257 g/mol. The normalized spacial score (nSPS) is 14.8. The van der Waals surface area contributed by atoms with Crippen LogP contribution in [0.5, 0.6) is 0 Å². The molecule has 3 N–H and O–H groups in total. The molecule has 0 unspecified atom stereocenters. The van der Waals surface area contributed by atoms with Gasteiger partial charge in [-0.3, -0.25) is 4.79 Å². The minimum Gasteiger partial charge on any atom is -0.372 e. The number of hydrogen-bond acceptors (Lipinski definition) is 4. The molecule has 0 bridgehead atoms. The van der Waals surface area contributed by atoms with Gasteiger partial charge in [0.25, 0.3) is 5.91 Å². The number of nitrogens with two attached hydrogens (primary N) is 1. The van der Waals surface area contributed by atoms with E-state index in [0.717, 1.165) is 24.3 Å². The third-order valence-corrected chi connectivity index (χ3v) is 3.37. The van der Waals surface area contributed by atoms with Gasteiger partial charge in [0.1, 0.15) is 5.69 Å². The number of nitrogens with zero attached hydrogens (tertiary/aromatic N) is 3. The van der Waals surface area contributed by atoms with E-state index in [2.05, 4.69) is 26.4 Å². The van der Waals surface area contributed by atoms with Crippen molar-refractivity contribution in [2.24, 2.45) is 5.73 Å². The topological polar surface area (TPSA) is 87.9 Å². The van der Waals surface area contributed by atoms with Crippen LogP contribution in [0.2, 0.25) is 0 Å². The number of aromatic nitrogens is 3. The van der Waals surface area contributed by atoms with Crippen molar-refractivity contribution in [1.29, 1.82) is 0 Å². The Hall–Kier alpha value is -2.37. The molecular weight excluding hydrogens is 242 g/mol. The van der Waals surface area contributed by atoms with Crippen LogP contribution >= 0.6 is 0 Å². The standard InChI is InChI=1S/C13H15N5O/c14-13(19)12-11(15-17-16-12)9-4-3-5-10(8-9)18-6-1-2-7-18/h3-5,8H,1-2,6-7H2,(H2,14,19)(H,15,16,17). The maximum Gasteiger partial charge on any atom is 0.271 e. The van der Waals surface area contributed by atoms with E-state index in [1.54, 1.807) is 0 Å². The lowest BCUT2D eigenvalue weighted by atomic mass is 10.1. The Morgan fingerprint density at radius 2 is 2.05 bits per heavy atom. The third-order valence-electron chi connectivity index (χ3n) is 3.37. The lowest BCUT2D eigenvalue weighted by Crippen LogP contribution is -2.17. The second-order valence-electron chi connectivity index (χ2n) is 4.63. The Bertz CT molecular complexity index is 601. The number of H-pyrrole nitrogens is 1. The minimum absolute atomic E-state index is 0.179. The van der Waals surface area contributed by atoms with Crippen LogP contribution in [-0.2, 0) is 0 Å². The fourth-order valence-corrected chi connectivity index (χ4v) is 2.43. The van der Waals surface area contributed by atoms with Crippen molar-refractivity contribution in [3.05, 3.63) is 30.0 Å². The van der Waals surface area contributed by atoms with Gasteiger partial charge in [0, 0.05) is 24.3 Å². The molecule has 6 heteroatoms. The first-order valence-corrected chi connectivity index (χ1v) is 6.31. The summed E-state index contributed by atoms with van der Waals surface area (Å²) in [7, 11) is 0. The van der Waals surface area contributed by atoms with Crippen molar-refractivity contribution in [3.8, 4) is 11.3 Å². The summed E-state index contributed by atoms with van der Waals surface area (Å²) in [5.41, 5.74) is 7.97. The highest BCUT2D eigenvalue weighted by Gasteiger charge is 2.17. The molecule has 0 aliphatic carbocycles. The molecule has 6 nitrogen and oxygen atoms in total. The minimum atomic E-state index is -0.574. The summed E-state index contributed by atoms with van der Waals surface area (Å²) >= 11 is 0. The molecule has 19 heavy (non-hydrogen) atoms. The van der Waals surface area contributed by atoms with E-state index in [1.807, 2.05) is 18.2 Å². The van der Waals surface area contributed by atoms with Crippen molar-refractivity contribution < 1.29 is 4.79 Å². The average Bonchev–Trinajstić information content (AvgIpc) is 3.10. The molecule has 1 aromatic carbocycles. The van der Waals surface area contributed by atoms with Gasteiger partial charge in [-0.2, -0.15) is 15.4 Å². The molecule has 1 aliphatic heterocycles. The fraction of sp³-hybridized carbons (Fsp3) is 0.308. The number of amides is 1. The molecule has 2 heterocycles. The SMILES string of the molecule is NC(=O)c1n[nH]nc1-c1cccc(N2CCCC2)c1. The Labute approximate surface area is 110 Å². The van der Waals surface area contributed by atoms with Gasteiger partial charge in [-0.25, -0.2) is 0 Å². The van der Waals surface area contributed by atoms with Gasteiger partial charge in [0.05, 0.1) is 0 Å². The zero-order chi connectivity index (χ0) is 13.2. The van der Waals surface area contributed by atoms with Crippen LogP contribution in [0.1, 0.15) is 23.3 Å². The van der Waals surface area contributed by atoms with Gasteiger partial charge in [0.15, 0.2) is 5.69 Å². The van der Waals surface area contributed by atoms with Crippen molar-refractivity contribution in [2.75, 3.05) is 18.0 Å². The lowest BCUT2D eigenvalue weighted by molar-refractivity contribution is 0.0996. The quantitative estimate of drug-likeness (QED) is 0.864. The molecule has 0 spiro atoms. The molecule has 1 saturated heterocycles. The molecule has 0 atom stereocenters. The van der Waals surface area contributed by atoms with Crippen molar-refractivity contribution in [3.63, 3.8) is 0 Å². The lowest BCUT2D eigenvalue weighted by Gasteiger charge is -2.18. The highest BCUT2D eigenvalue weighted by Crippen LogP contribution is 2.26. The van der Waals surface area contributed by atoms with Crippen LogP contribution in [0.15, 0.2) is 24.3 Å². The molecule has 0 radical (unpaired) electrons. The van der Waals surface area contributed by atoms with E-state index >= 15 is 0 Å². The summed E-state index contributed by atoms with van der Waals surface area (Å²) in [6.45, 7) is 2.15. The molecule has 1 fully saturated rings. The molecule has 2 aromatic rings. The maximum absolute atomic E-state index is 11.3. The highest BCUT2D eigenvalue weighted by molar-refractivity contribution is 5.96. The molecule has 3 rings (SSSR count). The van der Waals surface area contributed by atoms with E-state index in [0.29, 0.717) is 5.69 Å². The first kappa shape index (κ1) is 11.7. The van der Waals surface area contributed by atoms with Gasteiger partial charge < -0.3 is 10.6 Å². The number of anilines is 1. The van der Waals surface area contributed by atoms with E-state index < -0.39 is 5.91 Å². The van der Waals surface area contributed by atoms with Crippen LogP contribution in [-0.4, -0.2) is 34.4 Å². The van der Waals surface area contributed by atoms with Crippen LogP contribution in [0.3, 0.4) is 0 Å². The van der Waals surface area contributed by atoms with E-state index in [9.17, 15) is 4.79 Å². The van der Waals surface area contributed by atoms with Gasteiger partial charge in [-0.15, -0.1) is 0 Å². The molecule has 0 saturated carbocycles. The van der Waals surface area contributed by atoms with Crippen LogP contribution in [0, 0.1) is 0 Å². The van der Waals surface area contributed by atoms with Crippen molar-refractivity contribution >= 4 is 11.6 Å². The maximum atomic E-state index is 11.3. The first-order chi connectivity index (χ1) is 9.25. The first-order valence-electron chi connectivity index (χ1n) is 6.31. The van der Waals surface area contributed by atoms with E-state index in [-0.39, 0.29) is 5.69 Å². The molecule has 1 aliphatic rings. The predicted octanol–water partition coefficient (Wildman–Crippen LogP) is 1.17. The van der Waals surface area contributed by atoms with Crippen LogP contribution < -0.4 is 10.6 Å². The number of primary amides is 1. The van der Waals surface area contributed by atoms with Gasteiger partial charge in [-0.1, -0.05) is 12.1 Å². The number of aromatic amines is 1. The van der Waals surface area contributed by atoms with Gasteiger partial charge >= 0.3 is 0 Å². The number of nitrogens with one attached hydrogen (secondary N) is 1. The van der Waals surface area contributed by atoms with Crippen LogP contribution in [0.25, 0.3) is 11.3 Å². The fourth-order valence-electron chi connectivity index (χ4n) is 2.43. The largest absolute Gasteiger partial charge is 0.372 e. The second-order valence-corrected chi connectivity index (χ2v) is 4.63. The summed E-state index contributed by atoms with van der Waals surface area (Å²) in [4.78, 5) is 13.6. The summed E-state index contributed by atoms with van der Waals surface area (Å²) in [6, 6.07) is 7.96. The highest BCUT2D eigenvalue weighted by atomic mass is 16.1. The third kappa shape index (κ3) is 2.16. The predicted molar refractivity (Wildman–Crippen MR) is 71.8 cm³/mol. The monoisotopic (exact) mass is 257 g/mol. The molecule has 98 valence electrons. The van der Waals surface area contributed by atoms with Gasteiger partial charge in [0.2, 0.25) is 0 Å². The number of carbonyl (C=O) groups is 1. The van der Waals surface area contributed by atoms with Crippen molar-refractivity contribution in [1.82, 2.24) is 15.4 Å². The molecule has 1 aromatic heterocycles.